The molecule has 0 atom stereocenters. The lowest BCUT2D eigenvalue weighted by Gasteiger charge is -2.08. The zero-order chi connectivity index (χ0) is 10.8. The molecule has 1 aliphatic rings. The highest BCUT2D eigenvalue weighted by molar-refractivity contribution is 5.99. The van der Waals surface area contributed by atoms with Crippen LogP contribution in [0.3, 0.4) is 0 Å². The lowest BCUT2D eigenvalue weighted by molar-refractivity contribution is 0.1000. The van der Waals surface area contributed by atoms with Crippen LogP contribution in [-0.2, 0) is 6.42 Å². The molecule has 2 N–H and O–H groups in total. The molecule has 1 aliphatic heterocycles. The van der Waals surface area contributed by atoms with Crippen molar-refractivity contribution in [1.82, 2.24) is 0 Å². The average Bonchev–Trinajstić information content (AvgIpc) is 2.74. The topological polar surface area (TPSA) is 61.6 Å². The summed E-state index contributed by atoms with van der Waals surface area (Å²) >= 11 is 0. The van der Waals surface area contributed by atoms with Crippen molar-refractivity contribution in [2.75, 3.05) is 13.3 Å². The normalized spacial score (nSPS) is 12.9. The van der Waals surface area contributed by atoms with Gasteiger partial charge in [0, 0.05) is 11.1 Å². The van der Waals surface area contributed by atoms with Gasteiger partial charge in [-0.05, 0) is 18.6 Å². The molecule has 1 heterocycles. The van der Waals surface area contributed by atoms with Gasteiger partial charge in [0.05, 0.1) is 6.54 Å². The van der Waals surface area contributed by atoms with Crippen LogP contribution >= 0.6 is 0 Å². The quantitative estimate of drug-likeness (QED) is 0.754. The molecule has 0 aromatic heterocycles. The summed E-state index contributed by atoms with van der Waals surface area (Å²) in [7, 11) is 0. The maximum Gasteiger partial charge on any atom is 0.231 e. The van der Waals surface area contributed by atoms with E-state index in [0.29, 0.717) is 17.1 Å². The second-order valence-electron chi connectivity index (χ2n) is 3.31. The molecule has 0 amide bonds. The fourth-order valence-electron chi connectivity index (χ4n) is 1.75. The Morgan fingerprint density at radius 3 is 2.93 bits per heavy atom. The van der Waals surface area contributed by atoms with E-state index in [-0.39, 0.29) is 19.1 Å². The van der Waals surface area contributed by atoms with Gasteiger partial charge >= 0.3 is 0 Å². The highest BCUT2D eigenvalue weighted by atomic mass is 16.7. The van der Waals surface area contributed by atoms with Crippen molar-refractivity contribution in [1.29, 1.82) is 0 Å². The van der Waals surface area contributed by atoms with Gasteiger partial charge in [0.1, 0.15) is 0 Å². The summed E-state index contributed by atoms with van der Waals surface area (Å²) in [6.45, 7) is 2.22. The number of fused-ring (bicyclic) bond motifs is 1. The predicted molar refractivity (Wildman–Crippen MR) is 55.3 cm³/mol. The Morgan fingerprint density at radius 1 is 1.47 bits per heavy atom. The van der Waals surface area contributed by atoms with E-state index < -0.39 is 0 Å². The molecule has 4 nitrogen and oxygen atoms in total. The number of Topliss-reactive ketones (excluding diaryl/α,β-unsaturated/α-hetero) is 1. The number of hydrogen-bond acceptors (Lipinski definition) is 4. The van der Waals surface area contributed by atoms with Crippen molar-refractivity contribution in [3.05, 3.63) is 23.3 Å². The lowest BCUT2D eigenvalue weighted by atomic mass is 10.00. The van der Waals surface area contributed by atoms with Crippen molar-refractivity contribution >= 4 is 5.78 Å². The minimum absolute atomic E-state index is 0.0205. The Kier molecular flexibility index (Phi) is 2.60. The Balaban J connectivity index is 2.52. The van der Waals surface area contributed by atoms with Crippen molar-refractivity contribution < 1.29 is 14.3 Å². The van der Waals surface area contributed by atoms with Crippen molar-refractivity contribution in [3.8, 4) is 11.5 Å². The van der Waals surface area contributed by atoms with Crippen LogP contribution in [0, 0.1) is 0 Å². The first-order valence-electron chi connectivity index (χ1n) is 4.92. The van der Waals surface area contributed by atoms with Gasteiger partial charge in [-0.2, -0.15) is 0 Å². The van der Waals surface area contributed by atoms with Crippen molar-refractivity contribution in [2.24, 2.45) is 5.73 Å². The molecule has 80 valence electrons. The van der Waals surface area contributed by atoms with E-state index in [1.807, 2.05) is 6.92 Å². The Bertz CT molecular complexity index is 401. The third kappa shape index (κ3) is 1.57. The fourth-order valence-corrected chi connectivity index (χ4v) is 1.75. The van der Waals surface area contributed by atoms with Gasteiger partial charge < -0.3 is 15.2 Å². The van der Waals surface area contributed by atoms with E-state index in [1.165, 1.54) is 0 Å². The minimum atomic E-state index is -0.0647. The zero-order valence-electron chi connectivity index (χ0n) is 8.58. The molecule has 0 saturated carbocycles. The summed E-state index contributed by atoms with van der Waals surface area (Å²) in [6.07, 6.45) is 0.730. The Hall–Kier alpha value is -1.55. The standard InChI is InChI=1S/C11H13NO3/c1-2-7-8(9(13)5-12)3-4-10-11(7)15-6-14-10/h3-4H,2,5-6,12H2,1H3. The van der Waals surface area contributed by atoms with Crippen LogP contribution in [0.25, 0.3) is 0 Å². The molecule has 2 rings (SSSR count). The molecule has 4 heteroatoms. The van der Waals surface area contributed by atoms with E-state index in [4.69, 9.17) is 15.2 Å². The SMILES string of the molecule is CCc1c(C(=O)CN)ccc2c1OCO2. The summed E-state index contributed by atoms with van der Waals surface area (Å²) in [5.41, 5.74) is 6.88. The van der Waals surface area contributed by atoms with Crippen LogP contribution in [-0.4, -0.2) is 19.1 Å². The Morgan fingerprint density at radius 2 is 2.27 bits per heavy atom. The van der Waals surface area contributed by atoms with E-state index in [1.54, 1.807) is 12.1 Å². The highest BCUT2D eigenvalue weighted by Gasteiger charge is 2.21. The summed E-state index contributed by atoms with van der Waals surface area (Å²) in [6, 6.07) is 3.51. The maximum absolute atomic E-state index is 11.6. The van der Waals surface area contributed by atoms with Gasteiger partial charge in [-0.15, -0.1) is 0 Å². The number of hydrogen-bond donors (Lipinski definition) is 1. The zero-order valence-corrected chi connectivity index (χ0v) is 8.58. The molecule has 0 radical (unpaired) electrons. The number of ether oxygens (including phenoxy) is 2. The van der Waals surface area contributed by atoms with Crippen LogP contribution in [0.15, 0.2) is 12.1 Å². The molecule has 1 aromatic rings. The van der Waals surface area contributed by atoms with Crippen molar-refractivity contribution in [2.45, 2.75) is 13.3 Å². The highest BCUT2D eigenvalue weighted by Crippen LogP contribution is 2.37. The van der Waals surface area contributed by atoms with Crippen LogP contribution in [0.4, 0.5) is 0 Å². The van der Waals surface area contributed by atoms with E-state index in [2.05, 4.69) is 0 Å². The molecular formula is C11H13NO3. The average molecular weight is 207 g/mol. The number of benzene rings is 1. The van der Waals surface area contributed by atoms with Gasteiger partial charge in [-0.25, -0.2) is 0 Å². The number of ketones is 1. The maximum atomic E-state index is 11.6. The second kappa shape index (κ2) is 3.90. The largest absolute Gasteiger partial charge is 0.454 e. The van der Waals surface area contributed by atoms with E-state index >= 15 is 0 Å². The number of carbonyl (C=O) groups is 1. The van der Waals surface area contributed by atoms with Crippen LogP contribution < -0.4 is 15.2 Å². The van der Waals surface area contributed by atoms with Gasteiger partial charge in [0.25, 0.3) is 0 Å². The molecule has 0 bridgehead atoms. The van der Waals surface area contributed by atoms with Gasteiger partial charge in [0.15, 0.2) is 17.3 Å². The van der Waals surface area contributed by atoms with Gasteiger partial charge in [-0.3, -0.25) is 4.79 Å². The van der Waals surface area contributed by atoms with E-state index in [0.717, 1.165) is 12.0 Å². The Labute approximate surface area is 88.0 Å². The number of nitrogens with two attached hydrogens (primary N) is 1. The summed E-state index contributed by atoms with van der Waals surface area (Å²) in [5.74, 6) is 1.34. The molecule has 15 heavy (non-hydrogen) atoms. The van der Waals surface area contributed by atoms with Gasteiger partial charge in [0.2, 0.25) is 6.79 Å². The number of carbonyl (C=O) groups excluding carboxylic acids is 1. The summed E-state index contributed by atoms with van der Waals surface area (Å²) < 4.78 is 10.6. The van der Waals surface area contributed by atoms with Gasteiger partial charge in [-0.1, -0.05) is 6.92 Å². The first-order chi connectivity index (χ1) is 7.27. The van der Waals surface area contributed by atoms with Crippen LogP contribution in [0.5, 0.6) is 11.5 Å². The van der Waals surface area contributed by atoms with Crippen LogP contribution in [0.2, 0.25) is 0 Å². The monoisotopic (exact) mass is 207 g/mol. The third-order valence-electron chi connectivity index (χ3n) is 2.48. The first kappa shape index (κ1) is 9.98. The molecule has 0 fully saturated rings. The second-order valence-corrected chi connectivity index (χ2v) is 3.31. The van der Waals surface area contributed by atoms with Crippen LogP contribution in [0.1, 0.15) is 22.8 Å². The lowest BCUT2D eigenvalue weighted by Crippen LogP contribution is -2.15. The molecule has 0 unspecified atom stereocenters. The number of rotatable bonds is 3. The molecule has 0 spiro atoms. The molecule has 0 saturated heterocycles. The smallest absolute Gasteiger partial charge is 0.231 e. The summed E-state index contributed by atoms with van der Waals surface area (Å²) in [5, 5.41) is 0. The minimum Gasteiger partial charge on any atom is -0.454 e. The fraction of sp³-hybridized carbons (Fsp3) is 0.364. The molecule has 0 aliphatic carbocycles. The predicted octanol–water partition coefficient (Wildman–Crippen LogP) is 1.12. The van der Waals surface area contributed by atoms with E-state index in [9.17, 15) is 4.79 Å². The first-order valence-corrected chi connectivity index (χ1v) is 4.92. The van der Waals surface area contributed by atoms with Crippen molar-refractivity contribution in [3.63, 3.8) is 0 Å². The third-order valence-corrected chi connectivity index (χ3v) is 2.48. The molecular weight excluding hydrogens is 194 g/mol. The molecule has 1 aromatic carbocycles. The summed E-state index contributed by atoms with van der Waals surface area (Å²) in [4.78, 5) is 11.6.